The summed E-state index contributed by atoms with van der Waals surface area (Å²) in [5, 5.41) is 11.6. The Morgan fingerprint density at radius 2 is 1.89 bits per heavy atom. The summed E-state index contributed by atoms with van der Waals surface area (Å²) in [7, 11) is 0. The number of aryl methyl sites for hydroxylation is 1. The molecule has 0 spiro atoms. The molecule has 1 aliphatic heterocycles. The number of fused-ring (bicyclic) bond motifs is 3. The van der Waals surface area contributed by atoms with Gasteiger partial charge >= 0.3 is 0 Å². The van der Waals surface area contributed by atoms with Gasteiger partial charge in [0.05, 0.1) is 21.2 Å². The lowest BCUT2D eigenvalue weighted by molar-refractivity contribution is -0.384. The first-order valence-electron chi connectivity index (χ1n) is 11.2. The highest BCUT2D eigenvalue weighted by Crippen LogP contribution is 2.41. The Morgan fingerprint density at radius 3 is 2.67 bits per heavy atom. The second-order valence-electron chi connectivity index (χ2n) is 8.63. The Kier molecular flexibility index (Phi) is 5.75. The average Bonchev–Trinajstić information content (AvgIpc) is 3.19. The summed E-state index contributed by atoms with van der Waals surface area (Å²) in [4.78, 5) is 30.2. The number of nitro benzene ring substituents is 1. The topological polar surface area (TPSA) is 77.5 Å². The van der Waals surface area contributed by atoms with Gasteiger partial charge in [0.2, 0.25) is 0 Å². The molecule has 0 amide bonds. The van der Waals surface area contributed by atoms with E-state index in [1.807, 2.05) is 36.4 Å². The van der Waals surface area contributed by atoms with E-state index in [1.54, 1.807) is 10.6 Å². The standard InChI is InChI=1S/C27H17BrClN3O3S/c28-18-8-5-16(6-9-18)25-21-11-7-15-3-1-2-4-20(15)24(21)30-27-31(25)26(33)23(36-27)14-17-13-19(32(34)35)10-12-22(17)29/h1-6,8-10,12-14,25H,7,11H2. The number of nitro groups is 1. The molecule has 9 heteroatoms. The zero-order chi connectivity index (χ0) is 25.0. The molecule has 0 saturated heterocycles. The normalized spacial score (nSPS) is 16.7. The molecule has 3 aromatic carbocycles. The lowest BCUT2D eigenvalue weighted by Gasteiger charge is -2.30. The van der Waals surface area contributed by atoms with E-state index in [9.17, 15) is 14.9 Å². The van der Waals surface area contributed by atoms with Crippen LogP contribution in [-0.4, -0.2) is 9.49 Å². The number of hydrogen-bond acceptors (Lipinski definition) is 5. The number of aromatic nitrogens is 1. The second-order valence-corrected chi connectivity index (χ2v) is 11.0. The third kappa shape index (κ3) is 3.86. The van der Waals surface area contributed by atoms with Crippen molar-refractivity contribution in [2.75, 3.05) is 0 Å². The van der Waals surface area contributed by atoms with Crippen LogP contribution in [0.4, 0.5) is 5.69 Å². The third-order valence-electron chi connectivity index (χ3n) is 6.54. The molecule has 36 heavy (non-hydrogen) atoms. The van der Waals surface area contributed by atoms with Crippen molar-refractivity contribution >= 4 is 56.3 Å². The fourth-order valence-electron chi connectivity index (χ4n) is 4.86. The fourth-order valence-corrected chi connectivity index (χ4v) is 6.29. The van der Waals surface area contributed by atoms with E-state index < -0.39 is 4.92 Å². The van der Waals surface area contributed by atoms with Gasteiger partial charge in [0, 0.05) is 32.8 Å². The van der Waals surface area contributed by atoms with Crippen molar-refractivity contribution in [3.8, 4) is 0 Å². The minimum absolute atomic E-state index is 0.0850. The number of benzene rings is 3. The van der Waals surface area contributed by atoms with Crippen LogP contribution in [0.5, 0.6) is 0 Å². The maximum atomic E-state index is 13.8. The van der Waals surface area contributed by atoms with E-state index in [-0.39, 0.29) is 17.3 Å². The van der Waals surface area contributed by atoms with Crippen LogP contribution in [0.2, 0.25) is 5.02 Å². The number of nitrogens with zero attached hydrogens (tertiary/aromatic N) is 3. The fraction of sp³-hybridized carbons (Fsp3) is 0.111. The van der Waals surface area contributed by atoms with Crippen LogP contribution in [0, 0.1) is 10.1 Å². The van der Waals surface area contributed by atoms with Gasteiger partial charge in [0.25, 0.3) is 11.2 Å². The van der Waals surface area contributed by atoms with Crippen LogP contribution in [0.1, 0.15) is 34.7 Å². The molecule has 1 aromatic heterocycles. The number of hydrogen-bond donors (Lipinski definition) is 0. The van der Waals surface area contributed by atoms with Crippen molar-refractivity contribution in [1.82, 2.24) is 4.57 Å². The molecule has 6 nitrogen and oxygen atoms in total. The molecule has 0 N–H and O–H groups in total. The lowest BCUT2D eigenvalue weighted by atomic mass is 9.83. The summed E-state index contributed by atoms with van der Waals surface area (Å²) in [5.41, 5.74) is 5.52. The molecule has 1 aliphatic carbocycles. The van der Waals surface area contributed by atoms with E-state index in [0.29, 0.717) is 19.9 Å². The molecule has 6 rings (SSSR count). The second kappa shape index (κ2) is 8.96. The van der Waals surface area contributed by atoms with E-state index in [0.717, 1.165) is 39.7 Å². The number of allylic oxidation sites excluding steroid dienone is 1. The Bertz CT molecular complexity index is 1770. The van der Waals surface area contributed by atoms with Crippen LogP contribution in [-0.2, 0) is 6.42 Å². The molecule has 1 unspecified atom stereocenters. The van der Waals surface area contributed by atoms with Gasteiger partial charge in [-0.15, -0.1) is 0 Å². The largest absolute Gasteiger partial charge is 0.272 e. The highest BCUT2D eigenvalue weighted by molar-refractivity contribution is 9.10. The highest BCUT2D eigenvalue weighted by atomic mass is 79.9. The van der Waals surface area contributed by atoms with Gasteiger partial charge in [0.15, 0.2) is 4.80 Å². The van der Waals surface area contributed by atoms with Crippen molar-refractivity contribution in [2.45, 2.75) is 18.9 Å². The molecule has 0 saturated carbocycles. The first kappa shape index (κ1) is 23.1. The summed E-state index contributed by atoms with van der Waals surface area (Å²) in [6, 6.07) is 20.2. The Labute approximate surface area is 222 Å². The maximum absolute atomic E-state index is 13.8. The summed E-state index contributed by atoms with van der Waals surface area (Å²) >= 11 is 11.1. The van der Waals surface area contributed by atoms with Crippen molar-refractivity contribution < 1.29 is 4.92 Å². The SMILES string of the molecule is O=c1c(=Cc2cc([N+](=O)[O-])ccc2Cl)sc2n1C(c1ccc(Br)cc1)C1=C(N=2)c2ccccc2CC1. The van der Waals surface area contributed by atoms with Gasteiger partial charge in [-0.1, -0.05) is 75.3 Å². The van der Waals surface area contributed by atoms with E-state index in [2.05, 4.69) is 28.1 Å². The predicted octanol–water partition coefficient (Wildman–Crippen LogP) is 5.64. The van der Waals surface area contributed by atoms with Crippen LogP contribution in [0.15, 0.2) is 86.6 Å². The predicted molar refractivity (Wildman–Crippen MR) is 145 cm³/mol. The van der Waals surface area contributed by atoms with Crippen LogP contribution in [0.25, 0.3) is 11.8 Å². The van der Waals surface area contributed by atoms with E-state index in [4.69, 9.17) is 16.6 Å². The van der Waals surface area contributed by atoms with Crippen LogP contribution < -0.4 is 14.9 Å². The summed E-state index contributed by atoms with van der Waals surface area (Å²) in [5.74, 6) is 0. The smallest absolute Gasteiger partial charge is 0.271 e. The molecule has 2 heterocycles. The third-order valence-corrected chi connectivity index (χ3v) is 8.39. The Hall–Kier alpha value is -3.33. The monoisotopic (exact) mass is 577 g/mol. The maximum Gasteiger partial charge on any atom is 0.271 e. The van der Waals surface area contributed by atoms with Gasteiger partial charge in [-0.05, 0) is 53.8 Å². The van der Waals surface area contributed by atoms with Crippen molar-refractivity contribution in [1.29, 1.82) is 0 Å². The summed E-state index contributed by atoms with van der Waals surface area (Å²) in [6.45, 7) is 0. The van der Waals surface area contributed by atoms with E-state index >= 15 is 0 Å². The lowest BCUT2D eigenvalue weighted by Crippen LogP contribution is -2.38. The molecule has 2 aliphatic rings. The quantitative estimate of drug-likeness (QED) is 0.233. The number of halogens is 2. The first-order chi connectivity index (χ1) is 17.4. The molecular weight excluding hydrogens is 562 g/mol. The molecule has 0 radical (unpaired) electrons. The Morgan fingerprint density at radius 1 is 1.11 bits per heavy atom. The molecule has 1 atom stereocenters. The van der Waals surface area contributed by atoms with Gasteiger partial charge < -0.3 is 0 Å². The number of rotatable bonds is 3. The Balaban J connectivity index is 1.61. The summed E-state index contributed by atoms with van der Waals surface area (Å²) in [6.07, 6.45) is 3.30. The number of thiazole rings is 1. The highest BCUT2D eigenvalue weighted by Gasteiger charge is 2.32. The molecular formula is C27H17BrClN3O3S. The van der Waals surface area contributed by atoms with Gasteiger partial charge in [-0.2, -0.15) is 0 Å². The van der Waals surface area contributed by atoms with Gasteiger partial charge in [-0.25, -0.2) is 4.99 Å². The van der Waals surface area contributed by atoms with E-state index in [1.165, 1.54) is 35.1 Å². The van der Waals surface area contributed by atoms with Crippen molar-refractivity contribution in [3.63, 3.8) is 0 Å². The minimum atomic E-state index is -0.478. The molecule has 178 valence electrons. The van der Waals surface area contributed by atoms with Crippen molar-refractivity contribution in [2.24, 2.45) is 4.99 Å². The van der Waals surface area contributed by atoms with Crippen molar-refractivity contribution in [3.05, 3.63) is 134 Å². The summed E-state index contributed by atoms with van der Waals surface area (Å²) < 4.78 is 3.13. The van der Waals surface area contributed by atoms with Gasteiger partial charge in [0.1, 0.15) is 0 Å². The zero-order valence-electron chi connectivity index (χ0n) is 18.7. The zero-order valence-corrected chi connectivity index (χ0v) is 21.8. The first-order valence-corrected chi connectivity index (χ1v) is 13.2. The van der Waals surface area contributed by atoms with Gasteiger partial charge in [-0.3, -0.25) is 19.5 Å². The molecule has 4 aromatic rings. The average molecular weight is 579 g/mol. The minimum Gasteiger partial charge on any atom is -0.272 e. The molecule has 0 fully saturated rings. The molecule has 0 bridgehead atoms. The van der Waals surface area contributed by atoms with Crippen LogP contribution >= 0.6 is 38.9 Å². The number of non-ortho nitro benzene ring substituents is 1. The van der Waals surface area contributed by atoms with Crippen LogP contribution in [0.3, 0.4) is 0 Å².